The SMILES string of the molecule is Fc1cccc(Cl)c1CSc1nnc(-c2cccs2)n1CC1CCCO1. The van der Waals surface area contributed by atoms with Gasteiger partial charge in [0.15, 0.2) is 11.0 Å². The summed E-state index contributed by atoms with van der Waals surface area (Å²) in [5.41, 5.74) is 0.489. The maximum Gasteiger partial charge on any atom is 0.191 e. The molecule has 0 amide bonds. The van der Waals surface area contributed by atoms with Crippen molar-refractivity contribution in [3.63, 3.8) is 0 Å². The predicted molar refractivity (Wildman–Crippen MR) is 103 cm³/mol. The number of hydrogen-bond acceptors (Lipinski definition) is 5. The number of nitrogens with zero attached hydrogens (tertiary/aromatic N) is 3. The van der Waals surface area contributed by atoms with E-state index in [2.05, 4.69) is 14.8 Å². The van der Waals surface area contributed by atoms with Gasteiger partial charge in [0, 0.05) is 22.9 Å². The molecule has 1 unspecified atom stereocenters. The van der Waals surface area contributed by atoms with Crippen LogP contribution in [0.1, 0.15) is 18.4 Å². The molecule has 1 aliphatic heterocycles. The number of rotatable bonds is 6. The Morgan fingerprint density at radius 1 is 1.31 bits per heavy atom. The molecule has 4 rings (SSSR count). The Bertz CT molecular complexity index is 858. The van der Waals surface area contributed by atoms with E-state index in [0.717, 1.165) is 35.3 Å². The first-order valence-electron chi connectivity index (χ1n) is 8.37. The zero-order chi connectivity index (χ0) is 17.9. The second-order valence-electron chi connectivity index (χ2n) is 6.02. The zero-order valence-electron chi connectivity index (χ0n) is 13.9. The normalized spacial score (nSPS) is 17.1. The highest BCUT2D eigenvalue weighted by Gasteiger charge is 2.22. The van der Waals surface area contributed by atoms with Gasteiger partial charge in [-0.05, 0) is 36.4 Å². The lowest BCUT2D eigenvalue weighted by atomic mass is 10.2. The monoisotopic (exact) mass is 409 g/mol. The molecule has 0 spiro atoms. The second kappa shape index (κ2) is 8.08. The summed E-state index contributed by atoms with van der Waals surface area (Å²) in [6, 6.07) is 8.77. The Balaban J connectivity index is 1.60. The Morgan fingerprint density at radius 2 is 2.23 bits per heavy atom. The van der Waals surface area contributed by atoms with Gasteiger partial charge in [0.05, 0.1) is 17.5 Å². The molecule has 0 aliphatic carbocycles. The van der Waals surface area contributed by atoms with E-state index in [4.69, 9.17) is 16.3 Å². The van der Waals surface area contributed by atoms with E-state index in [1.165, 1.54) is 17.8 Å². The molecule has 3 aromatic rings. The van der Waals surface area contributed by atoms with Crippen molar-refractivity contribution < 1.29 is 9.13 Å². The van der Waals surface area contributed by atoms with Crippen molar-refractivity contribution in [3.8, 4) is 10.7 Å². The average molecular weight is 410 g/mol. The summed E-state index contributed by atoms with van der Waals surface area (Å²) >= 11 is 9.22. The van der Waals surface area contributed by atoms with Gasteiger partial charge >= 0.3 is 0 Å². The standard InChI is InChI=1S/C18H17ClFN3OS2/c19-14-5-1-6-15(20)13(14)11-26-18-22-21-17(16-7-3-9-25-16)23(18)10-12-4-2-8-24-12/h1,3,5-7,9,12H,2,4,8,10-11H2. The molecular weight excluding hydrogens is 393 g/mol. The topological polar surface area (TPSA) is 39.9 Å². The lowest BCUT2D eigenvalue weighted by Gasteiger charge is -2.14. The molecular formula is C18H17ClFN3OS2. The third-order valence-corrected chi connectivity index (χ3v) is 6.49. The highest BCUT2D eigenvalue weighted by Crippen LogP contribution is 2.32. The fourth-order valence-corrected chi connectivity index (χ4v) is 4.96. The fraction of sp³-hybridized carbons (Fsp3) is 0.333. The smallest absolute Gasteiger partial charge is 0.191 e. The van der Waals surface area contributed by atoms with Crippen LogP contribution in [0.2, 0.25) is 5.02 Å². The third-order valence-electron chi connectivity index (χ3n) is 4.28. The molecule has 4 nitrogen and oxygen atoms in total. The molecule has 1 fully saturated rings. The number of thiophene rings is 1. The second-order valence-corrected chi connectivity index (χ2v) is 8.32. The van der Waals surface area contributed by atoms with Crippen LogP contribution in [0.5, 0.6) is 0 Å². The minimum atomic E-state index is -0.298. The van der Waals surface area contributed by atoms with Crippen molar-refractivity contribution in [3.05, 3.63) is 52.1 Å². The van der Waals surface area contributed by atoms with E-state index < -0.39 is 0 Å². The van der Waals surface area contributed by atoms with Gasteiger partial charge in [-0.25, -0.2) is 4.39 Å². The summed E-state index contributed by atoms with van der Waals surface area (Å²) in [7, 11) is 0. The van der Waals surface area contributed by atoms with E-state index in [1.807, 2.05) is 17.5 Å². The Hall–Kier alpha value is -1.41. The minimum absolute atomic E-state index is 0.168. The average Bonchev–Trinajstić information content (AvgIpc) is 3.37. The van der Waals surface area contributed by atoms with Crippen LogP contribution in [-0.4, -0.2) is 27.5 Å². The van der Waals surface area contributed by atoms with Crippen molar-refractivity contribution in [1.82, 2.24) is 14.8 Å². The fourth-order valence-electron chi connectivity index (χ4n) is 2.95. The number of hydrogen-bond donors (Lipinski definition) is 0. The molecule has 3 heterocycles. The quantitative estimate of drug-likeness (QED) is 0.520. The Labute approximate surface area is 164 Å². The first-order valence-corrected chi connectivity index (χ1v) is 10.6. The van der Waals surface area contributed by atoms with Gasteiger partial charge in [-0.3, -0.25) is 4.57 Å². The van der Waals surface area contributed by atoms with Gasteiger partial charge in [-0.15, -0.1) is 21.5 Å². The first kappa shape index (κ1) is 18.0. The summed E-state index contributed by atoms with van der Waals surface area (Å²) in [4.78, 5) is 1.06. The molecule has 0 saturated carbocycles. The minimum Gasteiger partial charge on any atom is -0.376 e. The Kier molecular flexibility index (Phi) is 5.59. The summed E-state index contributed by atoms with van der Waals surface area (Å²) < 4.78 is 21.9. The van der Waals surface area contributed by atoms with Crippen LogP contribution >= 0.6 is 34.7 Å². The first-order chi connectivity index (χ1) is 12.7. The van der Waals surface area contributed by atoms with Crippen LogP contribution in [-0.2, 0) is 17.0 Å². The highest BCUT2D eigenvalue weighted by atomic mass is 35.5. The van der Waals surface area contributed by atoms with E-state index in [9.17, 15) is 4.39 Å². The number of aromatic nitrogens is 3. The highest BCUT2D eigenvalue weighted by molar-refractivity contribution is 7.98. The van der Waals surface area contributed by atoms with E-state index in [0.29, 0.717) is 22.9 Å². The Morgan fingerprint density at radius 3 is 2.96 bits per heavy atom. The molecule has 26 heavy (non-hydrogen) atoms. The van der Waals surface area contributed by atoms with Gasteiger partial charge in [-0.2, -0.15) is 0 Å². The van der Waals surface area contributed by atoms with Crippen molar-refractivity contribution in [1.29, 1.82) is 0 Å². The van der Waals surface area contributed by atoms with Gasteiger partial charge in [-0.1, -0.05) is 35.5 Å². The van der Waals surface area contributed by atoms with Crippen molar-refractivity contribution in [2.45, 2.75) is 36.4 Å². The molecule has 0 radical (unpaired) electrons. The zero-order valence-corrected chi connectivity index (χ0v) is 16.3. The molecule has 0 bridgehead atoms. The number of benzene rings is 1. The van der Waals surface area contributed by atoms with Gasteiger partial charge < -0.3 is 4.74 Å². The van der Waals surface area contributed by atoms with Crippen molar-refractivity contribution in [2.75, 3.05) is 6.61 Å². The van der Waals surface area contributed by atoms with E-state index in [1.54, 1.807) is 23.5 Å². The van der Waals surface area contributed by atoms with Crippen LogP contribution in [0, 0.1) is 5.82 Å². The number of thioether (sulfide) groups is 1. The van der Waals surface area contributed by atoms with Crippen molar-refractivity contribution >= 4 is 34.7 Å². The van der Waals surface area contributed by atoms with Crippen LogP contribution in [0.3, 0.4) is 0 Å². The summed E-state index contributed by atoms with van der Waals surface area (Å²) in [6.45, 7) is 1.50. The molecule has 2 aromatic heterocycles. The molecule has 1 saturated heterocycles. The van der Waals surface area contributed by atoms with Crippen LogP contribution < -0.4 is 0 Å². The summed E-state index contributed by atoms with van der Waals surface area (Å²) in [6.07, 6.45) is 2.28. The maximum atomic E-state index is 14.1. The lowest BCUT2D eigenvalue weighted by Crippen LogP contribution is -2.16. The van der Waals surface area contributed by atoms with Gasteiger partial charge in [0.25, 0.3) is 0 Å². The van der Waals surface area contributed by atoms with E-state index in [-0.39, 0.29) is 11.9 Å². The molecule has 8 heteroatoms. The molecule has 1 atom stereocenters. The predicted octanol–water partition coefficient (Wildman–Crippen LogP) is 5.27. The number of halogens is 2. The third kappa shape index (κ3) is 3.81. The molecule has 136 valence electrons. The van der Waals surface area contributed by atoms with Crippen LogP contribution in [0.4, 0.5) is 4.39 Å². The summed E-state index contributed by atoms with van der Waals surface area (Å²) in [5.74, 6) is 0.936. The van der Waals surface area contributed by atoms with Gasteiger partial charge in [0.2, 0.25) is 0 Å². The van der Waals surface area contributed by atoms with Crippen molar-refractivity contribution in [2.24, 2.45) is 0 Å². The summed E-state index contributed by atoms with van der Waals surface area (Å²) in [5, 5.41) is 11.9. The van der Waals surface area contributed by atoms with Crippen LogP contribution in [0.25, 0.3) is 10.7 Å². The van der Waals surface area contributed by atoms with E-state index >= 15 is 0 Å². The molecule has 0 N–H and O–H groups in total. The molecule has 1 aromatic carbocycles. The number of ether oxygens (including phenoxy) is 1. The molecule has 1 aliphatic rings. The largest absolute Gasteiger partial charge is 0.376 e. The van der Waals surface area contributed by atoms with Crippen LogP contribution in [0.15, 0.2) is 40.9 Å². The maximum absolute atomic E-state index is 14.1. The van der Waals surface area contributed by atoms with Gasteiger partial charge in [0.1, 0.15) is 5.82 Å². The lowest BCUT2D eigenvalue weighted by molar-refractivity contribution is 0.0953.